The third-order valence-corrected chi connectivity index (χ3v) is 6.71. The van der Waals surface area contributed by atoms with Gasteiger partial charge in [0.05, 0.1) is 22.8 Å². The van der Waals surface area contributed by atoms with Gasteiger partial charge in [-0.25, -0.2) is 14.4 Å². The van der Waals surface area contributed by atoms with E-state index in [1.54, 1.807) is 30.2 Å². The van der Waals surface area contributed by atoms with Crippen molar-refractivity contribution in [3.05, 3.63) is 76.3 Å². The average molecular weight is 505 g/mol. The summed E-state index contributed by atoms with van der Waals surface area (Å²) in [5.74, 6) is -0.538. The lowest BCUT2D eigenvalue weighted by atomic mass is 10.0. The quantitative estimate of drug-likeness (QED) is 0.366. The largest absolute Gasteiger partial charge is 0.344 e. The molecule has 0 bridgehead atoms. The summed E-state index contributed by atoms with van der Waals surface area (Å²) in [5, 5.41) is 8.47. The molecular weight excluding hydrogens is 487 g/mol. The molecule has 3 heterocycles. The van der Waals surface area contributed by atoms with Crippen LogP contribution < -0.4 is 5.32 Å². The van der Waals surface area contributed by atoms with Crippen molar-refractivity contribution in [1.82, 2.24) is 30.0 Å². The zero-order chi connectivity index (χ0) is 22.7. The Labute approximate surface area is 196 Å². The number of nitrogens with zero attached hydrogens (tertiary/aromatic N) is 4. The predicted octanol–water partition coefficient (Wildman–Crippen LogP) is 4.83. The number of fused-ring (bicyclic) bond motifs is 2. The number of rotatable bonds is 4. The zero-order valence-electron chi connectivity index (χ0n) is 17.6. The highest BCUT2D eigenvalue weighted by Crippen LogP contribution is 2.46. The van der Waals surface area contributed by atoms with Gasteiger partial charge in [-0.15, -0.1) is 0 Å². The molecule has 2 aromatic carbocycles. The first kappa shape index (κ1) is 20.0. The number of nitrogens with one attached hydrogen (secondary N) is 2. The third-order valence-electron chi connectivity index (χ3n) is 6.18. The van der Waals surface area contributed by atoms with E-state index in [0.29, 0.717) is 33.6 Å². The van der Waals surface area contributed by atoms with Gasteiger partial charge < -0.3 is 10.3 Å². The number of aromatic amines is 1. The fourth-order valence-corrected chi connectivity index (χ4v) is 4.53. The maximum absolute atomic E-state index is 13.7. The van der Waals surface area contributed by atoms with Crippen LogP contribution in [0, 0.1) is 5.82 Å². The number of amides is 1. The van der Waals surface area contributed by atoms with E-state index in [0.717, 1.165) is 28.3 Å². The van der Waals surface area contributed by atoms with Crippen LogP contribution in [0.5, 0.6) is 0 Å². The second kappa shape index (κ2) is 7.21. The Kier molecular flexibility index (Phi) is 4.38. The van der Waals surface area contributed by atoms with E-state index >= 15 is 0 Å². The molecule has 7 nitrogen and oxygen atoms in total. The van der Waals surface area contributed by atoms with Crippen LogP contribution in [0.4, 0.5) is 4.39 Å². The van der Waals surface area contributed by atoms with E-state index in [9.17, 15) is 9.18 Å². The molecule has 0 aliphatic heterocycles. The monoisotopic (exact) mass is 504 g/mol. The molecule has 3 aromatic heterocycles. The summed E-state index contributed by atoms with van der Waals surface area (Å²) in [6.07, 6.45) is 5.01. The molecule has 9 heteroatoms. The number of halogens is 2. The lowest BCUT2D eigenvalue weighted by Crippen LogP contribution is -2.34. The summed E-state index contributed by atoms with van der Waals surface area (Å²) in [7, 11) is 1.75. The van der Waals surface area contributed by atoms with Crippen LogP contribution in [0.1, 0.15) is 28.8 Å². The van der Waals surface area contributed by atoms with Gasteiger partial charge in [0.2, 0.25) is 0 Å². The Morgan fingerprint density at radius 1 is 1.21 bits per heavy atom. The van der Waals surface area contributed by atoms with E-state index in [4.69, 9.17) is 4.98 Å². The highest BCUT2D eigenvalue weighted by molar-refractivity contribution is 9.10. The highest BCUT2D eigenvalue weighted by Gasteiger charge is 2.46. The number of aryl methyl sites for hydroxylation is 1. The Bertz CT molecular complexity index is 1550. The van der Waals surface area contributed by atoms with E-state index in [-0.39, 0.29) is 17.3 Å². The number of hydrogen-bond donors (Lipinski definition) is 2. The molecule has 0 spiro atoms. The van der Waals surface area contributed by atoms with Crippen LogP contribution >= 0.6 is 15.9 Å². The number of H-pyrrole nitrogens is 1. The normalized spacial score (nSPS) is 14.6. The minimum atomic E-state index is -0.353. The summed E-state index contributed by atoms with van der Waals surface area (Å²) in [4.78, 5) is 25.4. The number of benzene rings is 2. The number of carbonyl (C=O) groups is 1. The molecule has 0 saturated heterocycles. The lowest BCUT2D eigenvalue weighted by Gasteiger charge is -2.17. The molecule has 1 fully saturated rings. The zero-order valence-corrected chi connectivity index (χ0v) is 19.1. The second-order valence-corrected chi connectivity index (χ2v) is 9.25. The molecule has 164 valence electrons. The van der Waals surface area contributed by atoms with Crippen LogP contribution in [0.15, 0.2) is 59.3 Å². The number of aromatic nitrogens is 5. The summed E-state index contributed by atoms with van der Waals surface area (Å²) < 4.78 is 16.3. The van der Waals surface area contributed by atoms with Crippen LogP contribution in [0.25, 0.3) is 33.5 Å². The van der Waals surface area contributed by atoms with Gasteiger partial charge in [-0.2, -0.15) is 5.10 Å². The third kappa shape index (κ3) is 3.31. The van der Waals surface area contributed by atoms with E-state index in [1.807, 2.05) is 24.3 Å². The fraction of sp³-hybridized carbons (Fsp3) is 0.167. The molecule has 33 heavy (non-hydrogen) atoms. The van der Waals surface area contributed by atoms with Gasteiger partial charge in [0.1, 0.15) is 22.7 Å². The van der Waals surface area contributed by atoms with Crippen molar-refractivity contribution in [2.75, 3.05) is 0 Å². The molecule has 6 rings (SSSR count). The Balaban J connectivity index is 1.38. The Morgan fingerprint density at radius 2 is 2.00 bits per heavy atom. The molecule has 0 radical (unpaired) electrons. The summed E-state index contributed by atoms with van der Waals surface area (Å²) in [5.41, 5.74) is 3.90. The van der Waals surface area contributed by atoms with Crippen LogP contribution in [0.2, 0.25) is 0 Å². The first-order valence-corrected chi connectivity index (χ1v) is 11.3. The molecular formula is C24H18BrFN6O. The standard InChI is InChI=1S/C24H18BrFN6O/c1-32-19-10-15(26)6-7-16(19)20(31-32)18-12-28-22-21(29-18)17(11-27-22)23(33)30-24(8-9-24)13-2-4-14(25)5-3-13/h2-7,10-12H,8-9H2,1H3,(H,27,28)(H,30,33). The second-order valence-electron chi connectivity index (χ2n) is 8.33. The number of hydrogen-bond acceptors (Lipinski definition) is 4. The molecule has 1 aliphatic carbocycles. The molecule has 1 saturated carbocycles. The SMILES string of the molecule is Cn1nc(-c2cnc3[nH]cc(C(=O)NC4(c5ccc(Br)cc5)CC4)c3n2)c2ccc(F)cc21. The van der Waals surface area contributed by atoms with Crippen LogP contribution in [0.3, 0.4) is 0 Å². The van der Waals surface area contributed by atoms with Gasteiger partial charge in [-0.3, -0.25) is 9.48 Å². The first-order valence-electron chi connectivity index (χ1n) is 10.5. The summed E-state index contributed by atoms with van der Waals surface area (Å²) in [6.45, 7) is 0. The highest BCUT2D eigenvalue weighted by atomic mass is 79.9. The molecule has 0 atom stereocenters. The lowest BCUT2D eigenvalue weighted by molar-refractivity contribution is 0.0932. The molecule has 5 aromatic rings. The minimum absolute atomic E-state index is 0.207. The van der Waals surface area contributed by atoms with Gasteiger partial charge in [0.15, 0.2) is 5.65 Å². The van der Waals surface area contributed by atoms with Crippen molar-refractivity contribution in [3.63, 3.8) is 0 Å². The van der Waals surface area contributed by atoms with Gasteiger partial charge in [0.25, 0.3) is 5.91 Å². The molecule has 2 N–H and O–H groups in total. The van der Waals surface area contributed by atoms with E-state index < -0.39 is 0 Å². The summed E-state index contributed by atoms with van der Waals surface area (Å²) >= 11 is 3.46. The van der Waals surface area contributed by atoms with Crippen LogP contribution in [-0.2, 0) is 12.6 Å². The van der Waals surface area contributed by atoms with Gasteiger partial charge in [-0.1, -0.05) is 28.1 Å². The maximum Gasteiger partial charge on any atom is 0.255 e. The van der Waals surface area contributed by atoms with Crippen molar-refractivity contribution < 1.29 is 9.18 Å². The average Bonchev–Trinajstić information content (AvgIpc) is 3.33. The molecule has 1 aliphatic rings. The smallest absolute Gasteiger partial charge is 0.255 e. The molecule has 1 amide bonds. The Hall–Kier alpha value is -3.59. The van der Waals surface area contributed by atoms with E-state index in [2.05, 4.69) is 36.3 Å². The van der Waals surface area contributed by atoms with Crippen molar-refractivity contribution in [2.24, 2.45) is 7.05 Å². The fourth-order valence-electron chi connectivity index (χ4n) is 4.26. The predicted molar refractivity (Wildman–Crippen MR) is 126 cm³/mol. The number of carbonyl (C=O) groups excluding carboxylic acids is 1. The Morgan fingerprint density at radius 3 is 2.76 bits per heavy atom. The maximum atomic E-state index is 13.7. The topological polar surface area (TPSA) is 88.5 Å². The van der Waals surface area contributed by atoms with Crippen molar-refractivity contribution in [1.29, 1.82) is 0 Å². The van der Waals surface area contributed by atoms with Crippen molar-refractivity contribution in [2.45, 2.75) is 18.4 Å². The summed E-state index contributed by atoms with van der Waals surface area (Å²) in [6, 6.07) is 12.5. The van der Waals surface area contributed by atoms with Crippen molar-refractivity contribution in [3.8, 4) is 11.4 Å². The van der Waals surface area contributed by atoms with Gasteiger partial charge in [0, 0.05) is 23.1 Å². The minimum Gasteiger partial charge on any atom is -0.344 e. The van der Waals surface area contributed by atoms with Crippen LogP contribution in [-0.4, -0.2) is 30.6 Å². The van der Waals surface area contributed by atoms with Gasteiger partial charge >= 0.3 is 0 Å². The van der Waals surface area contributed by atoms with Crippen molar-refractivity contribution >= 4 is 43.9 Å². The van der Waals surface area contributed by atoms with E-state index in [1.165, 1.54) is 12.1 Å². The first-order chi connectivity index (χ1) is 15.9. The molecule has 0 unspecified atom stereocenters. The van der Waals surface area contributed by atoms with Gasteiger partial charge in [-0.05, 0) is 48.7 Å².